The van der Waals surface area contributed by atoms with Gasteiger partial charge < -0.3 is 20.9 Å². The largest absolute Gasteiger partial charge is 0.371 e. The molecule has 2 aliphatic heterocycles. The van der Waals surface area contributed by atoms with Gasteiger partial charge in [-0.1, -0.05) is 36.4 Å². The standard InChI is InChI=1S/C43H48N8O6S2/c1-27(2)59(56,57)38-22-31(13-12-28(38)3)41(54)46-25-40(53)48-42-47-36(26-58-42)30-8-4-10-33(21-30)50-18-14-32(15-19-50)45-17-6-9-29-7-5-11-34-35(29)23-44-24-37(34)51-20-16-39(52)49-43(51)55/h4-5,7-8,10-13,21-24,26-27,32,45H,6,9,14-20,25H2,1-3H3,(H,46,54)(H,47,48,53)(H,49,52,55). The number of aryl methyl sites for hydroxylation is 2. The first-order chi connectivity index (χ1) is 28.4. The molecule has 5 amide bonds. The van der Waals surface area contributed by atoms with Crippen molar-refractivity contribution in [2.75, 3.05) is 47.8 Å². The molecule has 2 saturated heterocycles. The lowest BCUT2D eigenvalue weighted by Gasteiger charge is -2.34. The number of carbonyl (C=O) groups excluding carboxylic acids is 4. The van der Waals surface area contributed by atoms with E-state index >= 15 is 0 Å². The number of benzene rings is 3. The van der Waals surface area contributed by atoms with Crippen molar-refractivity contribution in [2.45, 2.75) is 69.1 Å². The number of amides is 5. The summed E-state index contributed by atoms with van der Waals surface area (Å²) >= 11 is 1.29. The molecule has 2 aromatic heterocycles. The van der Waals surface area contributed by atoms with Crippen molar-refractivity contribution in [3.05, 3.63) is 95.1 Å². The number of hydrogen-bond acceptors (Lipinski definition) is 11. The first kappa shape index (κ1) is 41.4. The lowest BCUT2D eigenvalue weighted by atomic mass is 10.0. The number of aromatic nitrogens is 2. The summed E-state index contributed by atoms with van der Waals surface area (Å²) in [4.78, 5) is 62.9. The van der Waals surface area contributed by atoms with Gasteiger partial charge in [-0.05, 0) is 88.4 Å². The molecule has 3 aromatic carbocycles. The molecule has 0 spiro atoms. The van der Waals surface area contributed by atoms with Crippen molar-refractivity contribution in [1.29, 1.82) is 0 Å². The van der Waals surface area contributed by atoms with Gasteiger partial charge in [0.15, 0.2) is 15.0 Å². The molecule has 0 saturated carbocycles. The Hall–Kier alpha value is -5.71. The topological polar surface area (TPSA) is 183 Å². The number of thiazole rings is 1. The third-order valence-electron chi connectivity index (χ3n) is 10.8. The molecule has 0 unspecified atom stereocenters. The summed E-state index contributed by atoms with van der Waals surface area (Å²) in [6, 6.07) is 18.8. The van der Waals surface area contributed by atoms with Crippen molar-refractivity contribution >= 4 is 72.2 Å². The average Bonchev–Trinajstić information content (AvgIpc) is 3.70. The van der Waals surface area contributed by atoms with Gasteiger partial charge in [-0.3, -0.25) is 29.6 Å². The average molecular weight is 837 g/mol. The molecule has 14 nitrogen and oxygen atoms in total. The molecule has 4 N–H and O–H groups in total. The first-order valence-corrected chi connectivity index (χ1v) is 22.2. The van der Waals surface area contributed by atoms with Crippen LogP contribution in [0.1, 0.15) is 61.0 Å². The van der Waals surface area contributed by atoms with E-state index in [4.69, 9.17) is 0 Å². The summed E-state index contributed by atoms with van der Waals surface area (Å²) in [7, 11) is -3.58. The van der Waals surface area contributed by atoms with Crippen LogP contribution in [0, 0.1) is 6.92 Å². The normalized spacial score (nSPS) is 15.1. The van der Waals surface area contributed by atoms with Gasteiger partial charge in [0.2, 0.25) is 11.8 Å². The van der Waals surface area contributed by atoms with E-state index in [1.807, 2.05) is 35.8 Å². The van der Waals surface area contributed by atoms with Crippen LogP contribution in [0.2, 0.25) is 0 Å². The second kappa shape index (κ2) is 18.1. The predicted octanol–water partition coefficient (Wildman–Crippen LogP) is 5.85. The number of anilines is 3. The van der Waals surface area contributed by atoms with Crippen LogP contribution in [0.4, 0.5) is 21.3 Å². The Labute approximate surface area is 347 Å². The summed E-state index contributed by atoms with van der Waals surface area (Å²) in [5.41, 5.74) is 5.39. The van der Waals surface area contributed by atoms with Crippen LogP contribution in [0.3, 0.4) is 0 Å². The van der Waals surface area contributed by atoms with Gasteiger partial charge in [-0.15, -0.1) is 11.3 Å². The maximum absolute atomic E-state index is 12.8. The molecule has 16 heteroatoms. The molecule has 308 valence electrons. The fourth-order valence-electron chi connectivity index (χ4n) is 7.45. The summed E-state index contributed by atoms with van der Waals surface area (Å²) < 4.78 is 25.5. The van der Waals surface area contributed by atoms with Gasteiger partial charge in [0, 0.05) is 71.3 Å². The summed E-state index contributed by atoms with van der Waals surface area (Å²) in [6.45, 7) is 7.61. The van der Waals surface area contributed by atoms with Crippen LogP contribution in [0.5, 0.6) is 0 Å². The second-order valence-electron chi connectivity index (χ2n) is 15.1. The highest BCUT2D eigenvalue weighted by molar-refractivity contribution is 7.92. The molecule has 0 atom stereocenters. The monoisotopic (exact) mass is 836 g/mol. The van der Waals surface area contributed by atoms with E-state index in [0.717, 1.165) is 73.0 Å². The highest BCUT2D eigenvalue weighted by atomic mass is 32.2. The summed E-state index contributed by atoms with van der Waals surface area (Å²) in [5, 5.41) is 15.1. The maximum atomic E-state index is 12.8. The Kier molecular flexibility index (Phi) is 12.7. The maximum Gasteiger partial charge on any atom is 0.328 e. The van der Waals surface area contributed by atoms with E-state index < -0.39 is 32.9 Å². The number of rotatable bonds is 14. The number of piperidine rings is 1. The van der Waals surface area contributed by atoms with Crippen LogP contribution in [-0.4, -0.2) is 86.2 Å². The fourth-order valence-corrected chi connectivity index (χ4v) is 9.50. The minimum Gasteiger partial charge on any atom is -0.371 e. The number of nitrogens with one attached hydrogen (secondary N) is 4. The predicted molar refractivity (Wildman–Crippen MR) is 231 cm³/mol. The van der Waals surface area contributed by atoms with Crippen LogP contribution in [0.15, 0.2) is 83.3 Å². The van der Waals surface area contributed by atoms with E-state index in [1.54, 1.807) is 44.0 Å². The Morgan fingerprint density at radius 3 is 2.56 bits per heavy atom. The van der Waals surface area contributed by atoms with Gasteiger partial charge in [-0.25, -0.2) is 18.2 Å². The first-order valence-electron chi connectivity index (χ1n) is 19.8. The number of fused-ring (bicyclic) bond motifs is 1. The van der Waals surface area contributed by atoms with Crippen molar-refractivity contribution in [3.8, 4) is 11.3 Å². The van der Waals surface area contributed by atoms with Crippen molar-refractivity contribution in [2.24, 2.45) is 0 Å². The molecule has 2 fully saturated rings. The molecule has 59 heavy (non-hydrogen) atoms. The fraction of sp³-hybridized carbons (Fsp3) is 0.349. The van der Waals surface area contributed by atoms with Crippen molar-refractivity contribution in [1.82, 2.24) is 25.9 Å². The number of pyridine rings is 1. The van der Waals surface area contributed by atoms with Gasteiger partial charge in [-0.2, -0.15) is 0 Å². The lowest BCUT2D eigenvalue weighted by molar-refractivity contribution is -0.120. The van der Waals surface area contributed by atoms with Crippen LogP contribution in [-0.2, 0) is 25.8 Å². The van der Waals surface area contributed by atoms with Gasteiger partial charge in [0.25, 0.3) is 5.91 Å². The minimum absolute atomic E-state index is 0.106. The molecule has 5 aromatic rings. The molecule has 0 bridgehead atoms. The number of carbonyl (C=O) groups is 4. The third kappa shape index (κ3) is 9.61. The zero-order chi connectivity index (χ0) is 41.7. The number of nitrogens with zero attached hydrogens (tertiary/aromatic N) is 4. The minimum atomic E-state index is -3.58. The van der Waals surface area contributed by atoms with Crippen LogP contribution >= 0.6 is 11.3 Å². The lowest BCUT2D eigenvalue weighted by Crippen LogP contribution is -2.49. The zero-order valence-electron chi connectivity index (χ0n) is 33.3. The molecule has 7 rings (SSSR count). The smallest absolute Gasteiger partial charge is 0.328 e. The molecule has 0 aliphatic carbocycles. The van der Waals surface area contributed by atoms with Gasteiger partial charge in [0.1, 0.15) is 0 Å². The van der Waals surface area contributed by atoms with Gasteiger partial charge in [0.05, 0.1) is 34.3 Å². The molecule has 2 aliphatic rings. The second-order valence-corrected chi connectivity index (χ2v) is 18.5. The zero-order valence-corrected chi connectivity index (χ0v) is 34.9. The van der Waals surface area contributed by atoms with E-state index in [0.29, 0.717) is 29.0 Å². The van der Waals surface area contributed by atoms with E-state index in [-0.39, 0.29) is 29.3 Å². The van der Waals surface area contributed by atoms with Crippen molar-refractivity contribution < 1.29 is 27.6 Å². The summed E-state index contributed by atoms with van der Waals surface area (Å²) in [5.74, 6) is -1.25. The number of sulfone groups is 1. The van der Waals surface area contributed by atoms with Gasteiger partial charge >= 0.3 is 6.03 Å². The third-order valence-corrected chi connectivity index (χ3v) is 13.9. The summed E-state index contributed by atoms with van der Waals surface area (Å²) in [6.07, 6.45) is 7.65. The van der Waals surface area contributed by atoms with E-state index in [2.05, 4.69) is 54.3 Å². The quantitative estimate of drug-likeness (QED) is 0.0990. The SMILES string of the molecule is Cc1ccc(C(=O)NCC(=O)Nc2nc(-c3cccc(N4CCC(NCCCc5cccc6c(N7CCC(=O)NC7=O)cncc56)CC4)c3)cs2)cc1S(=O)(=O)C(C)C. The highest BCUT2D eigenvalue weighted by Gasteiger charge is 2.27. The highest BCUT2D eigenvalue weighted by Crippen LogP contribution is 2.31. The van der Waals surface area contributed by atoms with Crippen molar-refractivity contribution in [3.63, 3.8) is 0 Å². The number of imide groups is 1. The van der Waals surface area contributed by atoms with Crippen LogP contribution in [0.25, 0.3) is 22.0 Å². The molecule has 4 heterocycles. The Balaban J connectivity index is 0.865. The number of urea groups is 1. The Bertz CT molecular complexity index is 2500. The Morgan fingerprint density at radius 2 is 1.78 bits per heavy atom. The van der Waals surface area contributed by atoms with E-state index in [9.17, 15) is 27.6 Å². The molecular formula is C43H48N8O6S2. The Morgan fingerprint density at radius 1 is 0.983 bits per heavy atom. The van der Waals surface area contributed by atoms with E-state index in [1.165, 1.54) is 23.0 Å². The molecule has 0 radical (unpaired) electrons. The number of hydrogen-bond donors (Lipinski definition) is 4. The van der Waals surface area contributed by atoms with Crippen LogP contribution < -0.4 is 31.1 Å². The molecular weight excluding hydrogens is 789 g/mol.